The summed E-state index contributed by atoms with van der Waals surface area (Å²) in [6.45, 7) is 4.78. The summed E-state index contributed by atoms with van der Waals surface area (Å²) in [6, 6.07) is 0. The number of likely N-dealkylation sites (N-methyl/N-ethyl adjacent to an activating group) is 1. The molecular weight excluding hydrogens is 947 g/mol. The summed E-state index contributed by atoms with van der Waals surface area (Å²) in [5.74, 6) is -2.27. The maximum Gasteiger partial charge on any atom is 0.306 e. The van der Waals surface area contributed by atoms with Gasteiger partial charge < -0.3 is 33.3 Å². The number of carbonyl (C=O) groups excluding carboxylic acids is 3. The molecule has 0 saturated heterocycles. The molecule has 0 aliphatic carbocycles. The minimum absolute atomic E-state index is 0.149. The van der Waals surface area contributed by atoms with Crippen LogP contribution in [0.2, 0.25) is 0 Å². The molecule has 76 heavy (non-hydrogen) atoms. The minimum atomic E-state index is -1.62. The molecule has 0 aromatic rings. The quantitative estimate of drug-likeness (QED) is 0.0195. The normalized spacial score (nSPS) is 12.9. The molecule has 0 amide bonds. The zero-order valence-electron chi connectivity index (χ0n) is 50.9. The van der Waals surface area contributed by atoms with Crippen molar-refractivity contribution >= 4 is 17.9 Å². The number of hydrogen-bond donors (Lipinski definition) is 0. The molecule has 9 nitrogen and oxygen atoms in total. The fourth-order valence-electron chi connectivity index (χ4n) is 9.56. The largest absolute Gasteiger partial charge is 0.545 e. The van der Waals surface area contributed by atoms with Gasteiger partial charge in [0.2, 0.25) is 0 Å². The number of carboxylic acids is 1. The first-order valence-electron chi connectivity index (χ1n) is 32.6. The molecule has 0 spiro atoms. The lowest BCUT2D eigenvalue weighted by atomic mass is 10.0. The second kappa shape index (κ2) is 58.7. The number of unbranched alkanes of at least 4 members (excludes halogenated alkanes) is 40. The van der Waals surface area contributed by atoms with Gasteiger partial charge in [-0.25, -0.2) is 0 Å². The molecule has 0 fully saturated rings. The molecule has 0 aliphatic rings. The number of nitrogens with zero attached hydrogens (tertiary/aromatic N) is 1. The summed E-state index contributed by atoms with van der Waals surface area (Å²) >= 11 is 0. The van der Waals surface area contributed by atoms with Crippen LogP contribution in [0.25, 0.3) is 0 Å². The number of esters is 2. The van der Waals surface area contributed by atoms with Crippen LogP contribution in [0.5, 0.6) is 0 Å². The number of aliphatic carboxylic acids is 1. The van der Waals surface area contributed by atoms with Gasteiger partial charge in [-0.3, -0.25) is 9.59 Å². The fourth-order valence-corrected chi connectivity index (χ4v) is 9.56. The molecule has 2 unspecified atom stereocenters. The number of carboxylic acid groups (broad SMARTS) is 1. The van der Waals surface area contributed by atoms with Crippen LogP contribution in [0.4, 0.5) is 0 Å². The van der Waals surface area contributed by atoms with Crippen molar-refractivity contribution in [3.63, 3.8) is 0 Å². The highest BCUT2D eigenvalue weighted by molar-refractivity contribution is 5.70. The third kappa shape index (κ3) is 59.2. The van der Waals surface area contributed by atoms with Crippen LogP contribution in [0, 0.1) is 0 Å². The van der Waals surface area contributed by atoms with E-state index in [1.54, 1.807) is 0 Å². The first kappa shape index (κ1) is 73.5. The maximum absolute atomic E-state index is 12.9. The molecule has 0 heterocycles. The smallest absolute Gasteiger partial charge is 0.306 e. The summed E-state index contributed by atoms with van der Waals surface area (Å²) in [4.78, 5) is 37.4. The number of rotatable bonds is 61. The van der Waals surface area contributed by atoms with Gasteiger partial charge in [0, 0.05) is 12.8 Å². The zero-order chi connectivity index (χ0) is 55.5. The summed E-state index contributed by atoms with van der Waals surface area (Å²) in [5.41, 5.74) is 0. The van der Waals surface area contributed by atoms with Crippen LogP contribution < -0.4 is 5.11 Å². The van der Waals surface area contributed by atoms with Gasteiger partial charge in [0.15, 0.2) is 12.4 Å². The summed E-state index contributed by atoms with van der Waals surface area (Å²) < 4.78 is 22.8. The van der Waals surface area contributed by atoms with Crippen LogP contribution in [-0.4, -0.2) is 82.3 Å². The highest BCUT2D eigenvalue weighted by Crippen LogP contribution is 2.18. The van der Waals surface area contributed by atoms with Gasteiger partial charge in [-0.15, -0.1) is 0 Å². The molecular formula is C67H125NO8. The Hall–Kier alpha value is -2.49. The van der Waals surface area contributed by atoms with E-state index < -0.39 is 24.3 Å². The van der Waals surface area contributed by atoms with Gasteiger partial charge in [-0.05, 0) is 70.6 Å². The van der Waals surface area contributed by atoms with E-state index in [4.69, 9.17) is 18.9 Å². The number of hydrogen-bond acceptors (Lipinski definition) is 8. The van der Waals surface area contributed by atoms with Gasteiger partial charge >= 0.3 is 11.9 Å². The molecule has 0 N–H and O–H groups in total. The average molecular weight is 1070 g/mol. The lowest BCUT2D eigenvalue weighted by Gasteiger charge is -2.26. The molecule has 0 aliphatic heterocycles. The fraction of sp³-hybridized carbons (Fsp3) is 0.866. The third-order valence-corrected chi connectivity index (χ3v) is 14.6. The highest BCUT2D eigenvalue weighted by atomic mass is 16.7. The van der Waals surface area contributed by atoms with Gasteiger partial charge in [0.25, 0.3) is 0 Å². The van der Waals surface area contributed by atoms with Crippen molar-refractivity contribution in [2.24, 2.45) is 0 Å². The summed E-state index contributed by atoms with van der Waals surface area (Å²) in [6.07, 6.45) is 69.3. The number of allylic oxidation sites excluding steroid dienone is 6. The van der Waals surface area contributed by atoms with Crippen LogP contribution in [0.3, 0.4) is 0 Å². The Morgan fingerprint density at radius 1 is 0.395 bits per heavy atom. The van der Waals surface area contributed by atoms with E-state index in [1.165, 1.54) is 244 Å². The van der Waals surface area contributed by atoms with E-state index in [9.17, 15) is 19.5 Å². The van der Waals surface area contributed by atoms with Gasteiger partial charge in [-0.1, -0.05) is 269 Å². The van der Waals surface area contributed by atoms with Crippen molar-refractivity contribution in [2.45, 2.75) is 328 Å². The SMILES string of the molecule is CCCCCCC/C=C\C/C=C\CCCCCCCCCCCCCCCCCCCCCCCC(=O)OC(COC(=O)CCCCCCCCC/C=C\CCCCCCCCC)COC(OCC[N+](C)(C)C)C(=O)[O-]. The second-order valence-electron chi connectivity index (χ2n) is 23.4. The summed E-state index contributed by atoms with van der Waals surface area (Å²) in [5, 5.41) is 11.8. The van der Waals surface area contributed by atoms with E-state index >= 15 is 0 Å². The summed E-state index contributed by atoms with van der Waals surface area (Å²) in [7, 11) is 5.93. The van der Waals surface area contributed by atoms with Crippen LogP contribution >= 0.6 is 0 Å². The molecule has 0 aromatic carbocycles. The predicted octanol–water partition coefficient (Wildman–Crippen LogP) is 18.3. The lowest BCUT2D eigenvalue weighted by molar-refractivity contribution is -0.870. The molecule has 9 heteroatoms. The number of quaternary nitrogens is 1. The standard InChI is InChI=1S/C67H125NO8/c1-6-8-10-12-14-16-18-20-22-24-26-27-28-29-30-31-32-33-34-35-36-37-38-39-40-42-44-46-48-50-52-54-56-58-65(70)76-63(62-75-67(66(71)72)73-60-59-68(3,4)5)61-74-64(69)57-55-53-51-49-47-45-43-41-25-23-21-19-17-15-13-11-9-7-2/h18,20,23-26,63,67H,6-17,19,21-22,27-62H2,1-5H3/b20-18-,25-23-,26-24-. The molecule has 446 valence electrons. The van der Waals surface area contributed by atoms with Crippen LogP contribution in [0.1, 0.15) is 316 Å². The Labute approximate surface area is 470 Å². The minimum Gasteiger partial charge on any atom is -0.545 e. The Kier molecular flexibility index (Phi) is 56.7. The Bertz CT molecular complexity index is 1340. The van der Waals surface area contributed by atoms with Crippen molar-refractivity contribution in [3.8, 4) is 0 Å². The van der Waals surface area contributed by atoms with Crippen LogP contribution in [0.15, 0.2) is 36.5 Å². The molecule has 0 saturated carbocycles. The van der Waals surface area contributed by atoms with Crippen molar-refractivity contribution in [3.05, 3.63) is 36.5 Å². The number of ether oxygens (including phenoxy) is 4. The van der Waals surface area contributed by atoms with E-state index in [1.807, 2.05) is 21.1 Å². The van der Waals surface area contributed by atoms with Crippen molar-refractivity contribution in [1.82, 2.24) is 0 Å². The first-order valence-corrected chi connectivity index (χ1v) is 32.6. The van der Waals surface area contributed by atoms with Crippen LogP contribution in [-0.2, 0) is 33.3 Å². The van der Waals surface area contributed by atoms with Gasteiger partial charge in [-0.2, -0.15) is 0 Å². The Balaban J connectivity index is 4.07. The molecule has 0 radical (unpaired) electrons. The zero-order valence-corrected chi connectivity index (χ0v) is 50.9. The molecule has 0 aromatic heterocycles. The van der Waals surface area contributed by atoms with E-state index in [0.29, 0.717) is 17.4 Å². The maximum atomic E-state index is 12.9. The third-order valence-electron chi connectivity index (χ3n) is 14.6. The first-order chi connectivity index (χ1) is 37.1. The van der Waals surface area contributed by atoms with Crippen molar-refractivity contribution in [2.75, 3.05) is 47.5 Å². The molecule has 0 rings (SSSR count). The molecule has 2 atom stereocenters. The van der Waals surface area contributed by atoms with Crippen molar-refractivity contribution in [1.29, 1.82) is 0 Å². The Morgan fingerprint density at radius 3 is 1.05 bits per heavy atom. The van der Waals surface area contributed by atoms with E-state index in [2.05, 4.69) is 50.3 Å². The topological polar surface area (TPSA) is 111 Å². The van der Waals surface area contributed by atoms with E-state index in [0.717, 1.165) is 44.9 Å². The van der Waals surface area contributed by atoms with Gasteiger partial charge in [0.1, 0.15) is 13.2 Å². The highest BCUT2D eigenvalue weighted by Gasteiger charge is 2.22. The van der Waals surface area contributed by atoms with E-state index in [-0.39, 0.29) is 32.2 Å². The Morgan fingerprint density at radius 2 is 0.711 bits per heavy atom. The molecule has 0 bridgehead atoms. The average Bonchev–Trinajstić information content (AvgIpc) is 3.39. The lowest BCUT2D eigenvalue weighted by Crippen LogP contribution is -2.44. The van der Waals surface area contributed by atoms with Crippen molar-refractivity contribution < 1.29 is 42.9 Å². The van der Waals surface area contributed by atoms with Gasteiger partial charge in [0.05, 0.1) is 40.3 Å². The monoisotopic (exact) mass is 1070 g/mol. The second-order valence-corrected chi connectivity index (χ2v) is 23.4. The number of carbonyl (C=O) groups is 3. The predicted molar refractivity (Wildman–Crippen MR) is 320 cm³/mol.